The molecule has 0 saturated carbocycles. The molecular formula is C11H14ClNO5S. The fraction of sp³-hybridized carbons (Fsp3) is 0.364. The highest BCUT2D eigenvalue weighted by molar-refractivity contribution is 7.89. The predicted octanol–water partition coefficient (Wildman–Crippen LogP) is 0.761. The van der Waals surface area contributed by atoms with Gasteiger partial charge in [0.2, 0.25) is 10.0 Å². The van der Waals surface area contributed by atoms with Crippen molar-refractivity contribution in [1.82, 2.24) is 4.72 Å². The van der Waals surface area contributed by atoms with Crippen LogP contribution in [0.5, 0.6) is 0 Å². The third kappa shape index (κ3) is 3.90. The predicted molar refractivity (Wildman–Crippen MR) is 69.6 cm³/mol. The van der Waals surface area contributed by atoms with Crippen molar-refractivity contribution in [2.45, 2.75) is 30.9 Å². The number of carboxylic acid groups (broad SMARTS) is 1. The second kappa shape index (κ2) is 5.87. The van der Waals surface area contributed by atoms with Crippen molar-refractivity contribution in [1.29, 1.82) is 0 Å². The highest BCUT2D eigenvalue weighted by Gasteiger charge is 2.30. The molecular weight excluding hydrogens is 294 g/mol. The van der Waals surface area contributed by atoms with Crippen molar-refractivity contribution in [3.05, 3.63) is 28.8 Å². The quantitative estimate of drug-likeness (QED) is 0.745. The van der Waals surface area contributed by atoms with E-state index >= 15 is 0 Å². The molecule has 0 aliphatic heterocycles. The lowest BCUT2D eigenvalue weighted by Crippen LogP contribution is -2.47. The van der Waals surface area contributed by atoms with Gasteiger partial charge in [-0.2, -0.15) is 4.72 Å². The Labute approximate surface area is 116 Å². The van der Waals surface area contributed by atoms with E-state index in [4.69, 9.17) is 16.7 Å². The van der Waals surface area contributed by atoms with Crippen LogP contribution in [0, 0.1) is 6.92 Å². The Bertz CT molecular complexity index is 585. The van der Waals surface area contributed by atoms with E-state index in [0.717, 1.165) is 0 Å². The lowest BCUT2D eigenvalue weighted by atomic mass is 10.2. The van der Waals surface area contributed by atoms with E-state index in [1.807, 2.05) is 4.72 Å². The Balaban J connectivity index is 3.17. The molecule has 0 aliphatic rings. The Morgan fingerprint density at radius 1 is 1.42 bits per heavy atom. The van der Waals surface area contributed by atoms with E-state index in [0.29, 0.717) is 5.56 Å². The minimum absolute atomic E-state index is 0.119. The molecule has 3 N–H and O–H groups in total. The molecule has 0 saturated heterocycles. The number of aliphatic hydroxyl groups is 1. The molecule has 0 aromatic heterocycles. The van der Waals surface area contributed by atoms with Gasteiger partial charge >= 0.3 is 5.97 Å². The third-order valence-electron chi connectivity index (χ3n) is 2.47. The van der Waals surface area contributed by atoms with Crippen LogP contribution in [0.2, 0.25) is 5.02 Å². The number of halogens is 1. The first-order valence-electron chi connectivity index (χ1n) is 5.34. The summed E-state index contributed by atoms with van der Waals surface area (Å²) in [6, 6.07) is 2.64. The molecule has 1 rings (SSSR count). The van der Waals surface area contributed by atoms with Crippen molar-refractivity contribution >= 4 is 27.6 Å². The molecule has 19 heavy (non-hydrogen) atoms. The van der Waals surface area contributed by atoms with Crippen LogP contribution in [-0.2, 0) is 14.8 Å². The monoisotopic (exact) mass is 307 g/mol. The topological polar surface area (TPSA) is 104 Å². The summed E-state index contributed by atoms with van der Waals surface area (Å²) in [5.41, 5.74) is 0.423. The summed E-state index contributed by atoms with van der Waals surface area (Å²) >= 11 is 5.73. The first-order chi connectivity index (χ1) is 8.65. The van der Waals surface area contributed by atoms with Crippen LogP contribution in [-0.4, -0.2) is 36.7 Å². The summed E-state index contributed by atoms with van der Waals surface area (Å²) in [5, 5.41) is 18.4. The molecule has 8 heteroatoms. The molecule has 0 unspecified atom stereocenters. The molecule has 0 amide bonds. The maximum atomic E-state index is 12.1. The molecule has 0 fully saturated rings. The number of carboxylic acids is 1. The molecule has 1 aromatic carbocycles. The molecule has 0 heterocycles. The number of hydrogen-bond acceptors (Lipinski definition) is 4. The second-order valence-electron chi connectivity index (χ2n) is 4.09. The van der Waals surface area contributed by atoms with Gasteiger partial charge in [-0.25, -0.2) is 8.42 Å². The average Bonchev–Trinajstić information content (AvgIpc) is 2.28. The summed E-state index contributed by atoms with van der Waals surface area (Å²) in [5.74, 6) is -1.46. The van der Waals surface area contributed by atoms with Crippen molar-refractivity contribution in [2.24, 2.45) is 0 Å². The highest BCUT2D eigenvalue weighted by atomic mass is 35.5. The Morgan fingerprint density at radius 2 is 2.00 bits per heavy atom. The van der Waals surface area contributed by atoms with E-state index in [2.05, 4.69) is 0 Å². The number of aryl methyl sites for hydroxylation is 1. The fourth-order valence-corrected chi connectivity index (χ4v) is 3.22. The van der Waals surface area contributed by atoms with E-state index in [1.54, 1.807) is 6.92 Å². The normalized spacial score (nSPS) is 14.9. The minimum atomic E-state index is -4.08. The molecule has 0 spiro atoms. The Kier molecular flexibility index (Phi) is 4.92. The zero-order valence-corrected chi connectivity index (χ0v) is 11.9. The zero-order valence-electron chi connectivity index (χ0n) is 10.3. The van der Waals surface area contributed by atoms with Gasteiger partial charge in [0.1, 0.15) is 6.04 Å². The van der Waals surface area contributed by atoms with Gasteiger partial charge in [0.05, 0.1) is 11.0 Å². The number of benzene rings is 1. The van der Waals surface area contributed by atoms with Gasteiger partial charge in [-0.1, -0.05) is 17.7 Å². The van der Waals surface area contributed by atoms with Crippen LogP contribution in [0.1, 0.15) is 12.5 Å². The van der Waals surface area contributed by atoms with Crippen molar-refractivity contribution < 1.29 is 23.4 Å². The number of rotatable bonds is 5. The van der Waals surface area contributed by atoms with Crippen molar-refractivity contribution in [3.8, 4) is 0 Å². The summed E-state index contributed by atoms with van der Waals surface area (Å²) in [6.45, 7) is 2.75. The van der Waals surface area contributed by atoms with Gasteiger partial charge in [0, 0.05) is 5.02 Å². The Morgan fingerprint density at radius 3 is 2.47 bits per heavy atom. The van der Waals surface area contributed by atoms with E-state index in [-0.39, 0.29) is 9.92 Å². The summed E-state index contributed by atoms with van der Waals surface area (Å²) < 4.78 is 26.1. The van der Waals surface area contributed by atoms with Gasteiger partial charge in [-0.3, -0.25) is 4.79 Å². The van der Waals surface area contributed by atoms with E-state index in [1.165, 1.54) is 25.1 Å². The van der Waals surface area contributed by atoms with Gasteiger partial charge < -0.3 is 10.2 Å². The van der Waals surface area contributed by atoms with E-state index < -0.39 is 28.1 Å². The van der Waals surface area contributed by atoms with E-state index in [9.17, 15) is 18.3 Å². The zero-order chi connectivity index (χ0) is 14.8. The molecule has 0 bridgehead atoms. The standard InChI is InChI=1S/C11H14ClNO5S/c1-6-3-4-8(12)5-9(6)19(17,18)13-10(7(2)14)11(15)16/h3-5,7,10,13-14H,1-2H3,(H,15,16)/t7-,10+/m1/s1. The summed E-state index contributed by atoms with van der Waals surface area (Å²) in [6.07, 6.45) is -1.37. The number of carbonyl (C=O) groups is 1. The van der Waals surface area contributed by atoms with Crippen LogP contribution >= 0.6 is 11.6 Å². The SMILES string of the molecule is Cc1ccc(Cl)cc1S(=O)(=O)N[C@H](C(=O)O)[C@@H](C)O. The Hall–Kier alpha value is -1.15. The van der Waals surface area contributed by atoms with Gasteiger partial charge in [0.25, 0.3) is 0 Å². The van der Waals surface area contributed by atoms with Crippen LogP contribution in [0.3, 0.4) is 0 Å². The van der Waals surface area contributed by atoms with Gasteiger partial charge in [0.15, 0.2) is 0 Å². The van der Waals surface area contributed by atoms with Gasteiger partial charge in [-0.15, -0.1) is 0 Å². The van der Waals surface area contributed by atoms with Crippen molar-refractivity contribution in [3.63, 3.8) is 0 Å². The lowest BCUT2D eigenvalue weighted by molar-refractivity contribution is -0.141. The third-order valence-corrected chi connectivity index (χ3v) is 4.29. The van der Waals surface area contributed by atoms with Crippen LogP contribution in [0.25, 0.3) is 0 Å². The van der Waals surface area contributed by atoms with Crippen LogP contribution in [0.4, 0.5) is 0 Å². The molecule has 1 aromatic rings. The van der Waals surface area contributed by atoms with Crippen LogP contribution in [0.15, 0.2) is 23.1 Å². The summed E-state index contributed by atoms with van der Waals surface area (Å²) in [4.78, 5) is 10.8. The number of aliphatic hydroxyl groups excluding tert-OH is 1. The van der Waals surface area contributed by atoms with Crippen molar-refractivity contribution in [2.75, 3.05) is 0 Å². The molecule has 2 atom stereocenters. The van der Waals surface area contributed by atoms with Crippen LogP contribution < -0.4 is 4.72 Å². The number of nitrogens with one attached hydrogen (secondary N) is 1. The maximum absolute atomic E-state index is 12.1. The lowest BCUT2D eigenvalue weighted by Gasteiger charge is -2.18. The smallest absolute Gasteiger partial charge is 0.324 e. The van der Waals surface area contributed by atoms with Gasteiger partial charge in [-0.05, 0) is 31.5 Å². The average molecular weight is 308 g/mol. The first-order valence-corrected chi connectivity index (χ1v) is 7.20. The maximum Gasteiger partial charge on any atom is 0.324 e. The highest BCUT2D eigenvalue weighted by Crippen LogP contribution is 2.20. The fourth-order valence-electron chi connectivity index (χ4n) is 1.45. The number of aliphatic carboxylic acids is 1. The number of sulfonamides is 1. The number of hydrogen-bond donors (Lipinski definition) is 3. The minimum Gasteiger partial charge on any atom is -0.480 e. The second-order valence-corrected chi connectivity index (χ2v) is 6.21. The molecule has 6 nitrogen and oxygen atoms in total. The largest absolute Gasteiger partial charge is 0.480 e. The molecule has 0 radical (unpaired) electrons. The molecule has 0 aliphatic carbocycles. The molecule has 106 valence electrons. The first kappa shape index (κ1) is 15.9. The summed E-state index contributed by atoms with van der Waals surface area (Å²) in [7, 11) is -4.08.